The van der Waals surface area contributed by atoms with Gasteiger partial charge in [0.2, 0.25) is 0 Å². The molecular formula is C16H20N2O2. The predicted molar refractivity (Wildman–Crippen MR) is 82.9 cm³/mol. The minimum absolute atomic E-state index is 0.670. The SMILES string of the molecule is CCCOc1cc(N)cc(Nc2cccc(OC)c2)c1. The van der Waals surface area contributed by atoms with Crippen molar-refractivity contribution in [3.05, 3.63) is 42.5 Å². The van der Waals surface area contributed by atoms with E-state index in [1.165, 1.54) is 0 Å². The van der Waals surface area contributed by atoms with Crippen LogP contribution in [0.2, 0.25) is 0 Å². The van der Waals surface area contributed by atoms with Crippen LogP contribution in [-0.2, 0) is 0 Å². The van der Waals surface area contributed by atoms with Gasteiger partial charge in [0.25, 0.3) is 0 Å². The Morgan fingerprint density at radius 3 is 2.60 bits per heavy atom. The molecule has 0 spiro atoms. The minimum Gasteiger partial charge on any atom is -0.497 e. The Hall–Kier alpha value is -2.36. The van der Waals surface area contributed by atoms with E-state index in [-0.39, 0.29) is 0 Å². The van der Waals surface area contributed by atoms with Crippen molar-refractivity contribution in [1.82, 2.24) is 0 Å². The molecule has 2 aromatic carbocycles. The van der Waals surface area contributed by atoms with Gasteiger partial charge >= 0.3 is 0 Å². The summed E-state index contributed by atoms with van der Waals surface area (Å²) in [6, 6.07) is 13.4. The zero-order valence-electron chi connectivity index (χ0n) is 11.8. The van der Waals surface area contributed by atoms with Crippen LogP contribution in [0.3, 0.4) is 0 Å². The summed E-state index contributed by atoms with van der Waals surface area (Å²) >= 11 is 0. The lowest BCUT2D eigenvalue weighted by molar-refractivity contribution is 0.318. The molecule has 4 heteroatoms. The molecule has 3 N–H and O–H groups in total. The third-order valence-electron chi connectivity index (χ3n) is 2.76. The van der Waals surface area contributed by atoms with Crippen LogP contribution in [0.5, 0.6) is 11.5 Å². The molecule has 0 amide bonds. The van der Waals surface area contributed by atoms with Crippen molar-refractivity contribution in [2.75, 3.05) is 24.8 Å². The molecule has 0 radical (unpaired) electrons. The summed E-state index contributed by atoms with van der Waals surface area (Å²) in [5.74, 6) is 1.58. The average Bonchev–Trinajstić information content (AvgIpc) is 2.44. The molecule has 20 heavy (non-hydrogen) atoms. The van der Waals surface area contributed by atoms with E-state index in [9.17, 15) is 0 Å². The van der Waals surface area contributed by atoms with E-state index in [2.05, 4.69) is 12.2 Å². The fraction of sp³-hybridized carbons (Fsp3) is 0.250. The van der Waals surface area contributed by atoms with Gasteiger partial charge in [-0.3, -0.25) is 0 Å². The summed E-state index contributed by atoms with van der Waals surface area (Å²) in [5.41, 5.74) is 8.40. The molecule has 0 saturated carbocycles. The monoisotopic (exact) mass is 272 g/mol. The highest BCUT2D eigenvalue weighted by Gasteiger charge is 2.02. The number of ether oxygens (including phenoxy) is 2. The van der Waals surface area contributed by atoms with Crippen molar-refractivity contribution in [3.63, 3.8) is 0 Å². The first kappa shape index (κ1) is 14.1. The second kappa shape index (κ2) is 6.70. The molecule has 0 fully saturated rings. The van der Waals surface area contributed by atoms with Gasteiger partial charge in [-0.1, -0.05) is 13.0 Å². The van der Waals surface area contributed by atoms with Gasteiger partial charge in [0.05, 0.1) is 13.7 Å². The molecular weight excluding hydrogens is 252 g/mol. The second-order valence-corrected chi connectivity index (χ2v) is 4.50. The van der Waals surface area contributed by atoms with Crippen LogP contribution in [0, 0.1) is 0 Å². The van der Waals surface area contributed by atoms with Gasteiger partial charge in [-0.25, -0.2) is 0 Å². The number of methoxy groups -OCH3 is 1. The van der Waals surface area contributed by atoms with E-state index in [0.717, 1.165) is 29.3 Å². The Morgan fingerprint density at radius 2 is 1.85 bits per heavy atom. The van der Waals surface area contributed by atoms with Crippen molar-refractivity contribution in [3.8, 4) is 11.5 Å². The number of benzene rings is 2. The average molecular weight is 272 g/mol. The molecule has 0 aliphatic rings. The summed E-state index contributed by atoms with van der Waals surface area (Å²) in [4.78, 5) is 0. The molecule has 0 bridgehead atoms. The largest absolute Gasteiger partial charge is 0.497 e. The highest BCUT2D eigenvalue weighted by Crippen LogP contribution is 2.27. The van der Waals surface area contributed by atoms with E-state index >= 15 is 0 Å². The van der Waals surface area contributed by atoms with Crippen LogP contribution in [0.25, 0.3) is 0 Å². The van der Waals surface area contributed by atoms with Gasteiger partial charge < -0.3 is 20.5 Å². The Labute approximate surface area is 119 Å². The van der Waals surface area contributed by atoms with E-state index < -0.39 is 0 Å². The molecule has 106 valence electrons. The topological polar surface area (TPSA) is 56.5 Å². The molecule has 4 nitrogen and oxygen atoms in total. The molecule has 0 unspecified atom stereocenters. The van der Waals surface area contributed by atoms with E-state index in [0.29, 0.717) is 12.3 Å². The van der Waals surface area contributed by atoms with Crippen LogP contribution in [0.15, 0.2) is 42.5 Å². The van der Waals surface area contributed by atoms with E-state index in [1.54, 1.807) is 7.11 Å². The molecule has 0 aliphatic carbocycles. The van der Waals surface area contributed by atoms with Crippen molar-refractivity contribution < 1.29 is 9.47 Å². The van der Waals surface area contributed by atoms with Gasteiger partial charge in [-0.15, -0.1) is 0 Å². The standard InChI is InChI=1S/C16H20N2O2/c1-3-7-20-16-9-12(17)8-14(11-16)18-13-5-4-6-15(10-13)19-2/h4-6,8-11,18H,3,7,17H2,1-2H3. The molecule has 0 heterocycles. The third-order valence-corrected chi connectivity index (χ3v) is 2.76. The van der Waals surface area contributed by atoms with Crippen molar-refractivity contribution in [2.24, 2.45) is 0 Å². The highest BCUT2D eigenvalue weighted by atomic mass is 16.5. The number of anilines is 3. The lowest BCUT2D eigenvalue weighted by Gasteiger charge is -2.11. The maximum absolute atomic E-state index is 5.90. The number of hydrogen-bond acceptors (Lipinski definition) is 4. The smallest absolute Gasteiger partial charge is 0.123 e. The van der Waals surface area contributed by atoms with Crippen molar-refractivity contribution in [2.45, 2.75) is 13.3 Å². The van der Waals surface area contributed by atoms with Crippen molar-refractivity contribution >= 4 is 17.1 Å². The normalized spacial score (nSPS) is 10.1. The number of rotatable bonds is 6. The zero-order valence-corrected chi connectivity index (χ0v) is 11.8. The summed E-state index contributed by atoms with van der Waals surface area (Å²) in [7, 11) is 1.65. The third kappa shape index (κ3) is 3.82. The molecule has 2 rings (SSSR count). The lowest BCUT2D eigenvalue weighted by atomic mass is 10.2. The summed E-state index contributed by atoms with van der Waals surface area (Å²) in [6.07, 6.45) is 0.966. The minimum atomic E-state index is 0.670. The first-order chi connectivity index (χ1) is 9.71. The first-order valence-corrected chi connectivity index (χ1v) is 6.65. The Kier molecular flexibility index (Phi) is 4.71. The maximum Gasteiger partial charge on any atom is 0.123 e. The van der Waals surface area contributed by atoms with Gasteiger partial charge in [-0.05, 0) is 24.6 Å². The van der Waals surface area contributed by atoms with Gasteiger partial charge in [0.1, 0.15) is 11.5 Å². The lowest BCUT2D eigenvalue weighted by Crippen LogP contribution is -1.98. The Morgan fingerprint density at radius 1 is 1.05 bits per heavy atom. The number of nitrogen functional groups attached to an aromatic ring is 1. The summed E-state index contributed by atoms with van der Waals surface area (Å²) in [6.45, 7) is 2.75. The number of nitrogens with two attached hydrogens (primary N) is 1. The van der Waals surface area contributed by atoms with Crippen LogP contribution in [-0.4, -0.2) is 13.7 Å². The predicted octanol–water partition coefficient (Wildman–Crippen LogP) is 3.81. The van der Waals surface area contributed by atoms with E-state index in [1.807, 2.05) is 42.5 Å². The Balaban J connectivity index is 2.17. The number of hydrogen-bond donors (Lipinski definition) is 2. The van der Waals surface area contributed by atoms with Gasteiger partial charge in [0.15, 0.2) is 0 Å². The van der Waals surface area contributed by atoms with Crippen LogP contribution in [0.4, 0.5) is 17.1 Å². The molecule has 2 aromatic rings. The fourth-order valence-electron chi connectivity index (χ4n) is 1.86. The van der Waals surface area contributed by atoms with Crippen LogP contribution < -0.4 is 20.5 Å². The van der Waals surface area contributed by atoms with E-state index in [4.69, 9.17) is 15.2 Å². The molecule has 0 saturated heterocycles. The van der Waals surface area contributed by atoms with Crippen LogP contribution >= 0.6 is 0 Å². The van der Waals surface area contributed by atoms with Gasteiger partial charge in [0, 0.05) is 35.3 Å². The molecule has 0 aromatic heterocycles. The summed E-state index contributed by atoms with van der Waals surface area (Å²) < 4.78 is 10.8. The van der Waals surface area contributed by atoms with Crippen molar-refractivity contribution in [1.29, 1.82) is 0 Å². The van der Waals surface area contributed by atoms with Crippen LogP contribution in [0.1, 0.15) is 13.3 Å². The summed E-state index contributed by atoms with van der Waals surface area (Å²) in [5, 5.41) is 3.30. The first-order valence-electron chi connectivity index (χ1n) is 6.65. The molecule has 0 atom stereocenters. The fourth-order valence-corrected chi connectivity index (χ4v) is 1.86. The molecule has 0 aliphatic heterocycles. The Bertz CT molecular complexity index is 570. The zero-order chi connectivity index (χ0) is 14.4. The van der Waals surface area contributed by atoms with Gasteiger partial charge in [-0.2, -0.15) is 0 Å². The number of nitrogens with one attached hydrogen (secondary N) is 1. The second-order valence-electron chi connectivity index (χ2n) is 4.50. The quantitative estimate of drug-likeness (QED) is 0.785. The highest BCUT2D eigenvalue weighted by molar-refractivity contribution is 5.67. The maximum atomic E-state index is 5.90.